The second-order valence-electron chi connectivity index (χ2n) is 9.00. The second-order valence-corrected chi connectivity index (χ2v) is 9.00. The SMILES string of the molecule is CN(C)C(=O)c1cc([C@H]2CCN(C(=O)CCc3c[nH]c4ccccc34)C2)nc2ccccc12. The summed E-state index contributed by atoms with van der Waals surface area (Å²) in [6.07, 6.45) is 4.08. The van der Waals surface area contributed by atoms with Gasteiger partial charge in [-0.25, -0.2) is 0 Å². The van der Waals surface area contributed by atoms with E-state index in [0.29, 0.717) is 18.5 Å². The van der Waals surface area contributed by atoms with Crippen molar-refractivity contribution < 1.29 is 9.59 Å². The summed E-state index contributed by atoms with van der Waals surface area (Å²) in [6.45, 7) is 1.37. The molecular formula is C27H28N4O2. The number of carbonyl (C=O) groups excluding carboxylic acids is 2. The minimum atomic E-state index is -0.0282. The number of nitrogens with one attached hydrogen (secondary N) is 1. The van der Waals surface area contributed by atoms with E-state index in [2.05, 4.69) is 17.1 Å². The third kappa shape index (κ3) is 4.09. The van der Waals surface area contributed by atoms with Gasteiger partial charge in [-0.2, -0.15) is 0 Å². The van der Waals surface area contributed by atoms with E-state index in [4.69, 9.17) is 4.98 Å². The number of likely N-dealkylation sites (tertiary alicyclic amines) is 1. The first-order valence-electron chi connectivity index (χ1n) is 11.5. The molecule has 33 heavy (non-hydrogen) atoms. The number of benzene rings is 2. The van der Waals surface area contributed by atoms with Gasteiger partial charge in [0.2, 0.25) is 5.91 Å². The lowest BCUT2D eigenvalue weighted by Crippen LogP contribution is -2.28. The third-order valence-corrected chi connectivity index (χ3v) is 6.61. The van der Waals surface area contributed by atoms with Crippen LogP contribution in [-0.4, -0.2) is 58.8 Å². The fourth-order valence-electron chi connectivity index (χ4n) is 4.79. The van der Waals surface area contributed by atoms with Crippen molar-refractivity contribution in [3.63, 3.8) is 0 Å². The summed E-state index contributed by atoms with van der Waals surface area (Å²) >= 11 is 0. The third-order valence-electron chi connectivity index (χ3n) is 6.61. The van der Waals surface area contributed by atoms with Crippen LogP contribution in [0.25, 0.3) is 21.8 Å². The van der Waals surface area contributed by atoms with E-state index in [1.54, 1.807) is 19.0 Å². The molecule has 0 bridgehead atoms. The van der Waals surface area contributed by atoms with Crippen molar-refractivity contribution in [3.8, 4) is 0 Å². The molecule has 6 heteroatoms. The number of H-pyrrole nitrogens is 1. The molecule has 1 aliphatic rings. The van der Waals surface area contributed by atoms with Crippen molar-refractivity contribution in [2.45, 2.75) is 25.2 Å². The highest BCUT2D eigenvalue weighted by Gasteiger charge is 2.29. The van der Waals surface area contributed by atoms with Gasteiger partial charge < -0.3 is 14.8 Å². The van der Waals surface area contributed by atoms with Gasteiger partial charge in [-0.3, -0.25) is 14.6 Å². The number of pyridine rings is 1. The van der Waals surface area contributed by atoms with E-state index in [1.807, 2.05) is 53.6 Å². The molecule has 1 fully saturated rings. The van der Waals surface area contributed by atoms with Crippen LogP contribution in [0.4, 0.5) is 0 Å². The maximum absolute atomic E-state index is 13.0. The van der Waals surface area contributed by atoms with Gasteiger partial charge in [-0.15, -0.1) is 0 Å². The van der Waals surface area contributed by atoms with Gasteiger partial charge in [0.1, 0.15) is 0 Å². The van der Waals surface area contributed by atoms with Crippen LogP contribution >= 0.6 is 0 Å². The van der Waals surface area contributed by atoms with Crippen molar-refractivity contribution in [2.75, 3.05) is 27.2 Å². The fraction of sp³-hybridized carbons (Fsp3) is 0.296. The molecule has 5 rings (SSSR count). The predicted octanol–water partition coefficient (Wildman–Crippen LogP) is 4.37. The molecule has 6 nitrogen and oxygen atoms in total. The number of para-hydroxylation sites is 2. The quantitative estimate of drug-likeness (QED) is 0.501. The second kappa shape index (κ2) is 8.70. The van der Waals surface area contributed by atoms with Crippen LogP contribution in [0.3, 0.4) is 0 Å². The molecule has 2 amide bonds. The Morgan fingerprint density at radius 1 is 1.09 bits per heavy atom. The normalized spacial score (nSPS) is 15.9. The summed E-state index contributed by atoms with van der Waals surface area (Å²) in [4.78, 5) is 37.5. The van der Waals surface area contributed by atoms with Gasteiger partial charge in [-0.05, 0) is 36.6 Å². The first-order chi connectivity index (χ1) is 16.0. The first-order valence-corrected chi connectivity index (χ1v) is 11.5. The largest absolute Gasteiger partial charge is 0.361 e. The monoisotopic (exact) mass is 440 g/mol. The molecule has 3 heterocycles. The highest BCUT2D eigenvalue weighted by atomic mass is 16.2. The Labute approximate surface area is 193 Å². The molecule has 0 radical (unpaired) electrons. The Morgan fingerprint density at radius 2 is 1.85 bits per heavy atom. The number of aromatic amines is 1. The Morgan fingerprint density at radius 3 is 2.67 bits per heavy atom. The first kappa shape index (κ1) is 21.2. The van der Waals surface area contributed by atoms with Crippen LogP contribution in [0.2, 0.25) is 0 Å². The molecule has 1 atom stereocenters. The lowest BCUT2D eigenvalue weighted by Gasteiger charge is -2.18. The molecule has 1 aliphatic heterocycles. The molecule has 168 valence electrons. The van der Waals surface area contributed by atoms with E-state index >= 15 is 0 Å². The summed E-state index contributed by atoms with van der Waals surface area (Å²) in [5.74, 6) is 0.285. The highest BCUT2D eigenvalue weighted by molar-refractivity contribution is 6.06. The van der Waals surface area contributed by atoms with Crippen molar-refractivity contribution in [1.82, 2.24) is 19.8 Å². The van der Waals surface area contributed by atoms with Crippen molar-refractivity contribution in [1.29, 1.82) is 0 Å². The lowest BCUT2D eigenvalue weighted by atomic mass is 9.99. The minimum absolute atomic E-state index is 0.0282. The van der Waals surface area contributed by atoms with Gasteiger partial charge in [0.05, 0.1) is 11.1 Å². The summed E-state index contributed by atoms with van der Waals surface area (Å²) in [7, 11) is 3.53. The number of hydrogen-bond donors (Lipinski definition) is 1. The van der Waals surface area contributed by atoms with Crippen molar-refractivity contribution in [2.24, 2.45) is 0 Å². The average Bonchev–Trinajstić information content (AvgIpc) is 3.49. The molecule has 0 aliphatic carbocycles. The van der Waals surface area contributed by atoms with Gasteiger partial charge in [-0.1, -0.05) is 36.4 Å². The summed E-state index contributed by atoms with van der Waals surface area (Å²) in [5, 5.41) is 2.05. The van der Waals surface area contributed by atoms with Crippen molar-refractivity contribution >= 4 is 33.6 Å². The summed E-state index contributed by atoms with van der Waals surface area (Å²) in [5.41, 5.74) is 4.67. The van der Waals surface area contributed by atoms with Crippen LogP contribution in [0.5, 0.6) is 0 Å². The molecule has 0 saturated carbocycles. The van der Waals surface area contributed by atoms with E-state index in [0.717, 1.165) is 41.5 Å². The zero-order valence-corrected chi connectivity index (χ0v) is 19.0. The minimum Gasteiger partial charge on any atom is -0.361 e. The Hall–Kier alpha value is -3.67. The van der Waals surface area contributed by atoms with Gasteiger partial charge in [0.15, 0.2) is 0 Å². The van der Waals surface area contributed by atoms with Gasteiger partial charge in [0.25, 0.3) is 5.91 Å². The zero-order valence-electron chi connectivity index (χ0n) is 19.0. The Kier molecular flexibility index (Phi) is 5.58. The standard InChI is InChI=1S/C27H28N4O2/c1-30(2)27(33)22-15-25(29-24-10-6-4-8-21(22)24)19-13-14-31(17-19)26(32)12-11-18-16-28-23-9-5-3-7-20(18)23/h3-10,15-16,19,28H,11-14,17H2,1-2H3/t19-/m0/s1. The number of rotatable bonds is 5. The maximum atomic E-state index is 13.0. The Balaban J connectivity index is 1.31. The number of amides is 2. The van der Waals surface area contributed by atoms with Crippen LogP contribution in [0.15, 0.2) is 60.8 Å². The van der Waals surface area contributed by atoms with Crippen LogP contribution in [-0.2, 0) is 11.2 Å². The number of hydrogen-bond acceptors (Lipinski definition) is 3. The molecule has 2 aromatic carbocycles. The van der Waals surface area contributed by atoms with Crippen LogP contribution < -0.4 is 0 Å². The lowest BCUT2D eigenvalue weighted by molar-refractivity contribution is -0.130. The number of carbonyl (C=O) groups is 2. The number of fused-ring (bicyclic) bond motifs is 2. The molecular weight excluding hydrogens is 412 g/mol. The van der Waals surface area contributed by atoms with E-state index in [1.165, 1.54) is 10.9 Å². The van der Waals surface area contributed by atoms with E-state index in [9.17, 15) is 9.59 Å². The average molecular weight is 441 g/mol. The highest BCUT2D eigenvalue weighted by Crippen LogP contribution is 2.30. The Bertz CT molecular complexity index is 1340. The maximum Gasteiger partial charge on any atom is 0.254 e. The fourth-order valence-corrected chi connectivity index (χ4v) is 4.79. The zero-order chi connectivity index (χ0) is 22.9. The molecule has 2 aromatic heterocycles. The molecule has 0 unspecified atom stereocenters. The summed E-state index contributed by atoms with van der Waals surface area (Å²) < 4.78 is 0. The molecule has 1 saturated heterocycles. The van der Waals surface area contributed by atoms with E-state index in [-0.39, 0.29) is 17.7 Å². The van der Waals surface area contributed by atoms with Gasteiger partial charge >= 0.3 is 0 Å². The smallest absolute Gasteiger partial charge is 0.254 e. The van der Waals surface area contributed by atoms with Gasteiger partial charge in [0, 0.05) is 67.7 Å². The summed E-state index contributed by atoms with van der Waals surface area (Å²) in [6, 6.07) is 17.9. The van der Waals surface area contributed by atoms with Crippen LogP contribution in [0.1, 0.15) is 40.4 Å². The molecule has 4 aromatic rings. The molecule has 1 N–H and O–H groups in total. The number of aromatic nitrogens is 2. The van der Waals surface area contributed by atoms with E-state index < -0.39 is 0 Å². The predicted molar refractivity (Wildman–Crippen MR) is 130 cm³/mol. The topological polar surface area (TPSA) is 69.3 Å². The number of nitrogens with zero attached hydrogens (tertiary/aromatic N) is 3. The van der Waals surface area contributed by atoms with Crippen molar-refractivity contribution in [3.05, 3.63) is 77.6 Å². The molecule has 0 spiro atoms. The number of aryl methyl sites for hydroxylation is 1. The van der Waals surface area contributed by atoms with Crippen LogP contribution in [0, 0.1) is 0 Å².